The number of nitrogens with one attached hydrogen (secondary N) is 1. The normalized spacial score (nSPS) is 21.6. The smallest absolute Gasteiger partial charge is 0.202 e. The molecule has 0 bridgehead atoms. The van der Waals surface area contributed by atoms with E-state index in [4.69, 9.17) is 22.3 Å². The lowest BCUT2D eigenvalue weighted by molar-refractivity contribution is 0.352. The minimum atomic E-state index is -1.06. The molecule has 2 aliphatic heterocycles. The van der Waals surface area contributed by atoms with Gasteiger partial charge < -0.3 is 20.0 Å². The summed E-state index contributed by atoms with van der Waals surface area (Å²) in [4.78, 5) is 15.9. The van der Waals surface area contributed by atoms with Gasteiger partial charge in [0.15, 0.2) is 5.66 Å². The SMILES string of the molecule is CN(C)C1=CC(N)(c2ccc(Br)cc2Cl)N=C(N2CCN(c3ccccn3)CC2)N1. The molecule has 0 radical (unpaired) electrons. The minimum absolute atomic E-state index is 0.575. The molecule has 3 heterocycles. The number of nitrogens with zero attached hydrogens (tertiary/aromatic N) is 5. The average molecular weight is 491 g/mol. The van der Waals surface area contributed by atoms with Gasteiger partial charge in [0.2, 0.25) is 5.96 Å². The molecule has 3 N–H and O–H groups in total. The molecule has 1 fully saturated rings. The first kappa shape index (κ1) is 21.0. The Labute approximate surface area is 190 Å². The van der Waals surface area contributed by atoms with Crippen molar-refractivity contribution < 1.29 is 0 Å². The van der Waals surface area contributed by atoms with Crippen LogP contribution in [-0.4, -0.2) is 61.0 Å². The van der Waals surface area contributed by atoms with Gasteiger partial charge in [-0.25, -0.2) is 9.98 Å². The van der Waals surface area contributed by atoms with E-state index in [0.717, 1.165) is 53.8 Å². The van der Waals surface area contributed by atoms with Crippen LogP contribution in [0.2, 0.25) is 5.02 Å². The highest BCUT2D eigenvalue weighted by Crippen LogP contribution is 2.33. The summed E-state index contributed by atoms with van der Waals surface area (Å²) < 4.78 is 0.903. The molecule has 9 heteroatoms. The second kappa shape index (κ2) is 8.45. The predicted octanol–water partition coefficient (Wildman–Crippen LogP) is 2.79. The molecule has 0 saturated carbocycles. The fraction of sp³-hybridized carbons (Fsp3) is 0.333. The molecule has 0 amide bonds. The van der Waals surface area contributed by atoms with Crippen molar-refractivity contribution in [3.63, 3.8) is 0 Å². The number of rotatable bonds is 3. The van der Waals surface area contributed by atoms with E-state index in [-0.39, 0.29) is 0 Å². The molecule has 2 aromatic rings. The maximum Gasteiger partial charge on any atom is 0.202 e. The molecule has 1 aromatic heterocycles. The molecule has 2 aliphatic rings. The van der Waals surface area contributed by atoms with Gasteiger partial charge in [-0.3, -0.25) is 5.73 Å². The maximum atomic E-state index is 6.80. The zero-order valence-corrected chi connectivity index (χ0v) is 19.4. The van der Waals surface area contributed by atoms with Gasteiger partial charge in [-0.05, 0) is 24.3 Å². The van der Waals surface area contributed by atoms with Gasteiger partial charge in [0.25, 0.3) is 0 Å². The van der Waals surface area contributed by atoms with Crippen LogP contribution < -0.4 is 16.0 Å². The second-order valence-electron chi connectivity index (χ2n) is 7.60. The Balaban J connectivity index is 1.60. The molecule has 1 atom stereocenters. The van der Waals surface area contributed by atoms with Crippen molar-refractivity contribution in [2.24, 2.45) is 10.7 Å². The van der Waals surface area contributed by atoms with Gasteiger partial charge in [-0.2, -0.15) is 0 Å². The van der Waals surface area contributed by atoms with Crippen molar-refractivity contribution in [2.75, 3.05) is 45.2 Å². The number of hydrogen-bond acceptors (Lipinski definition) is 7. The summed E-state index contributed by atoms with van der Waals surface area (Å²) in [5, 5.41) is 4.00. The molecule has 1 saturated heterocycles. The van der Waals surface area contributed by atoms with Crippen LogP contribution in [0.4, 0.5) is 5.82 Å². The number of halogens is 2. The fourth-order valence-electron chi connectivity index (χ4n) is 3.63. The van der Waals surface area contributed by atoms with Crippen LogP contribution in [0.3, 0.4) is 0 Å². The summed E-state index contributed by atoms with van der Waals surface area (Å²) >= 11 is 9.99. The standard InChI is InChI=1S/C21H25BrClN7/c1-28(2)19-14-21(24,16-7-6-15(22)13-17(16)23)27-20(26-19)30-11-9-29(10-12-30)18-5-3-4-8-25-18/h3-8,13-14H,9-12,24H2,1-2H3,(H,26,27). The van der Waals surface area contributed by atoms with Crippen LogP contribution >= 0.6 is 27.5 Å². The van der Waals surface area contributed by atoms with Gasteiger partial charge in [0, 0.05) is 67.6 Å². The number of nitrogens with two attached hydrogens (primary N) is 1. The van der Waals surface area contributed by atoms with E-state index in [2.05, 4.69) is 36.0 Å². The van der Waals surface area contributed by atoms with E-state index in [1.54, 1.807) is 0 Å². The Morgan fingerprint density at radius 2 is 1.87 bits per heavy atom. The van der Waals surface area contributed by atoms with Gasteiger partial charge >= 0.3 is 0 Å². The van der Waals surface area contributed by atoms with Crippen LogP contribution in [-0.2, 0) is 5.66 Å². The number of aromatic nitrogens is 1. The Morgan fingerprint density at radius 3 is 2.50 bits per heavy atom. The zero-order chi connectivity index (χ0) is 21.3. The number of piperazine rings is 1. The molecule has 0 aliphatic carbocycles. The van der Waals surface area contributed by atoms with Crippen LogP contribution in [0.1, 0.15) is 5.56 Å². The Morgan fingerprint density at radius 1 is 1.13 bits per heavy atom. The summed E-state index contributed by atoms with van der Waals surface area (Å²) in [6, 6.07) is 11.7. The predicted molar refractivity (Wildman–Crippen MR) is 125 cm³/mol. The highest BCUT2D eigenvalue weighted by molar-refractivity contribution is 9.10. The number of benzene rings is 1. The fourth-order valence-corrected chi connectivity index (χ4v) is 4.45. The molecule has 7 nitrogen and oxygen atoms in total. The van der Waals surface area contributed by atoms with Gasteiger partial charge in [0.05, 0.1) is 0 Å². The molecule has 1 unspecified atom stereocenters. The third-order valence-electron chi connectivity index (χ3n) is 5.28. The van der Waals surface area contributed by atoms with Crippen molar-refractivity contribution in [1.82, 2.24) is 20.1 Å². The van der Waals surface area contributed by atoms with E-state index >= 15 is 0 Å². The first-order chi connectivity index (χ1) is 14.4. The molecule has 4 rings (SSSR count). The molecular weight excluding hydrogens is 466 g/mol. The average Bonchev–Trinajstić information content (AvgIpc) is 2.74. The van der Waals surface area contributed by atoms with E-state index in [9.17, 15) is 0 Å². The highest BCUT2D eigenvalue weighted by Gasteiger charge is 2.34. The Hall–Kier alpha value is -2.29. The maximum absolute atomic E-state index is 6.80. The molecule has 1 aromatic carbocycles. The third-order valence-corrected chi connectivity index (χ3v) is 6.09. The molecule has 30 heavy (non-hydrogen) atoms. The minimum Gasteiger partial charge on any atom is -0.364 e. The van der Waals surface area contributed by atoms with E-state index in [1.165, 1.54) is 0 Å². The van der Waals surface area contributed by atoms with Crippen molar-refractivity contribution in [1.29, 1.82) is 0 Å². The van der Waals surface area contributed by atoms with E-state index < -0.39 is 5.66 Å². The topological polar surface area (TPSA) is 73.0 Å². The zero-order valence-electron chi connectivity index (χ0n) is 17.0. The van der Waals surface area contributed by atoms with Crippen molar-refractivity contribution >= 4 is 39.3 Å². The van der Waals surface area contributed by atoms with Crippen molar-refractivity contribution in [3.8, 4) is 0 Å². The first-order valence-electron chi connectivity index (χ1n) is 9.78. The molecule has 0 spiro atoms. The number of guanidine groups is 1. The van der Waals surface area contributed by atoms with Crippen LogP contribution in [0.5, 0.6) is 0 Å². The Bertz CT molecular complexity index is 971. The van der Waals surface area contributed by atoms with E-state index in [0.29, 0.717) is 5.02 Å². The summed E-state index contributed by atoms with van der Waals surface area (Å²) in [5.41, 5.74) is 6.50. The first-order valence-corrected chi connectivity index (χ1v) is 11.0. The lowest BCUT2D eigenvalue weighted by Crippen LogP contribution is -2.56. The third kappa shape index (κ3) is 4.26. The van der Waals surface area contributed by atoms with Gasteiger partial charge in [-0.15, -0.1) is 0 Å². The Kier molecular flexibility index (Phi) is 5.90. The number of hydrogen-bond donors (Lipinski definition) is 2. The van der Waals surface area contributed by atoms with Gasteiger partial charge in [-0.1, -0.05) is 39.7 Å². The monoisotopic (exact) mass is 489 g/mol. The summed E-state index contributed by atoms with van der Waals surface area (Å²) in [5.74, 6) is 2.64. The van der Waals surface area contributed by atoms with Crippen molar-refractivity contribution in [2.45, 2.75) is 5.66 Å². The number of anilines is 1. The van der Waals surface area contributed by atoms with Crippen LogP contribution in [0.15, 0.2) is 64.0 Å². The van der Waals surface area contributed by atoms with Crippen LogP contribution in [0, 0.1) is 0 Å². The summed E-state index contributed by atoms with van der Waals surface area (Å²) in [7, 11) is 3.95. The lowest BCUT2D eigenvalue weighted by atomic mass is 9.99. The van der Waals surface area contributed by atoms with E-state index in [1.807, 2.05) is 67.7 Å². The molecular formula is C21H25BrClN7. The quantitative estimate of drug-likeness (QED) is 0.689. The van der Waals surface area contributed by atoms with Gasteiger partial charge in [0.1, 0.15) is 11.6 Å². The summed E-state index contributed by atoms with van der Waals surface area (Å²) in [6.07, 6.45) is 3.74. The number of aliphatic imine (C=N–C) groups is 1. The highest BCUT2D eigenvalue weighted by atomic mass is 79.9. The van der Waals surface area contributed by atoms with Crippen molar-refractivity contribution in [3.05, 3.63) is 69.6 Å². The largest absolute Gasteiger partial charge is 0.364 e. The molecule has 158 valence electrons. The van der Waals surface area contributed by atoms with Crippen LogP contribution in [0.25, 0.3) is 0 Å². The second-order valence-corrected chi connectivity index (χ2v) is 8.92. The summed E-state index contributed by atoms with van der Waals surface area (Å²) in [6.45, 7) is 3.34. The lowest BCUT2D eigenvalue weighted by Gasteiger charge is -2.41. The number of pyridine rings is 1.